The van der Waals surface area contributed by atoms with Gasteiger partial charge in [0.2, 0.25) is 0 Å². The summed E-state index contributed by atoms with van der Waals surface area (Å²) in [5.74, 6) is -3.25. The highest BCUT2D eigenvalue weighted by Crippen LogP contribution is 2.42. The van der Waals surface area contributed by atoms with Crippen LogP contribution in [0.15, 0.2) is 36.4 Å². The first-order valence-electron chi connectivity index (χ1n) is 7.28. The second-order valence-corrected chi connectivity index (χ2v) is 5.36. The van der Waals surface area contributed by atoms with E-state index in [-0.39, 0.29) is 17.0 Å². The van der Waals surface area contributed by atoms with Gasteiger partial charge in [-0.05, 0) is 36.2 Å². The molecule has 0 aliphatic carbocycles. The highest BCUT2D eigenvalue weighted by atomic mass is 19.3. The molecule has 0 N–H and O–H groups in total. The van der Waals surface area contributed by atoms with Gasteiger partial charge in [0.05, 0.1) is 12.2 Å². The maximum atomic E-state index is 13.9. The summed E-state index contributed by atoms with van der Waals surface area (Å²) in [7, 11) is 0. The molecule has 0 spiro atoms. The molecular weight excluding hydrogens is 326 g/mol. The average molecular weight is 339 g/mol. The molecule has 0 saturated heterocycles. The Bertz CT molecular complexity index is 807. The van der Waals surface area contributed by atoms with E-state index in [9.17, 15) is 22.4 Å². The molecule has 7 heteroatoms. The molecule has 0 radical (unpaired) electrons. The largest absolute Gasteiger partial charge is 0.483 e. The monoisotopic (exact) mass is 339 g/mol. The zero-order chi connectivity index (χ0) is 17.5. The number of halogens is 4. The van der Waals surface area contributed by atoms with E-state index in [0.717, 1.165) is 23.1 Å². The Kier molecular flexibility index (Phi) is 3.95. The van der Waals surface area contributed by atoms with E-state index in [1.807, 2.05) is 0 Å². The lowest BCUT2D eigenvalue weighted by molar-refractivity contribution is -0.193. The van der Waals surface area contributed by atoms with E-state index < -0.39 is 30.2 Å². The van der Waals surface area contributed by atoms with E-state index in [1.165, 1.54) is 6.07 Å². The molecule has 1 aliphatic rings. The summed E-state index contributed by atoms with van der Waals surface area (Å²) < 4.78 is 59.6. The number of alkyl halides is 2. The second-order valence-electron chi connectivity index (χ2n) is 5.36. The minimum Gasteiger partial charge on any atom is -0.423 e. The van der Waals surface area contributed by atoms with Crippen molar-refractivity contribution in [3.8, 4) is 5.75 Å². The van der Waals surface area contributed by atoms with E-state index in [4.69, 9.17) is 0 Å². The second kappa shape index (κ2) is 5.81. The Morgan fingerprint density at radius 2 is 1.88 bits per heavy atom. The Labute approximate surface area is 135 Å². The standard InChI is InChI=1S/C17H13F4NO2/c1-2-10-4-3-5-14-15(10)24-17(20,21)16(23)22(14)9-11-8-12(18)6-7-13(11)19/h3-8H,2,9H2,1H3. The van der Waals surface area contributed by atoms with Gasteiger partial charge in [-0.25, -0.2) is 8.78 Å². The molecule has 0 saturated carbocycles. The van der Waals surface area contributed by atoms with Gasteiger partial charge in [0, 0.05) is 5.56 Å². The van der Waals surface area contributed by atoms with Crippen molar-refractivity contribution in [2.75, 3.05) is 4.90 Å². The van der Waals surface area contributed by atoms with Crippen molar-refractivity contribution in [2.24, 2.45) is 0 Å². The van der Waals surface area contributed by atoms with Crippen LogP contribution in [0, 0.1) is 11.6 Å². The Balaban J connectivity index is 2.10. The van der Waals surface area contributed by atoms with Crippen molar-refractivity contribution in [3.05, 3.63) is 59.2 Å². The maximum Gasteiger partial charge on any atom is 0.483 e. The molecule has 126 valence electrons. The number of benzene rings is 2. The van der Waals surface area contributed by atoms with Crippen LogP contribution in [-0.4, -0.2) is 12.0 Å². The molecule has 2 aromatic carbocycles. The van der Waals surface area contributed by atoms with E-state index in [1.54, 1.807) is 19.1 Å². The van der Waals surface area contributed by atoms with E-state index in [0.29, 0.717) is 12.0 Å². The first kappa shape index (κ1) is 16.3. The lowest BCUT2D eigenvalue weighted by Crippen LogP contribution is -2.50. The summed E-state index contributed by atoms with van der Waals surface area (Å²) in [6.45, 7) is 1.23. The zero-order valence-electron chi connectivity index (χ0n) is 12.7. The third-order valence-electron chi connectivity index (χ3n) is 3.81. The van der Waals surface area contributed by atoms with Crippen LogP contribution in [0.1, 0.15) is 18.1 Å². The summed E-state index contributed by atoms with van der Waals surface area (Å²) in [5.41, 5.74) is 0.396. The molecular formula is C17H13F4NO2. The van der Waals surface area contributed by atoms with Crippen LogP contribution in [-0.2, 0) is 17.8 Å². The maximum absolute atomic E-state index is 13.9. The van der Waals surface area contributed by atoms with Crippen molar-refractivity contribution in [1.82, 2.24) is 0 Å². The van der Waals surface area contributed by atoms with Gasteiger partial charge in [0.1, 0.15) is 11.6 Å². The molecule has 3 rings (SSSR count). The van der Waals surface area contributed by atoms with Gasteiger partial charge >= 0.3 is 12.0 Å². The number of anilines is 1. The molecule has 0 atom stereocenters. The topological polar surface area (TPSA) is 29.5 Å². The first-order valence-corrected chi connectivity index (χ1v) is 7.28. The van der Waals surface area contributed by atoms with Crippen molar-refractivity contribution >= 4 is 11.6 Å². The molecule has 3 nitrogen and oxygen atoms in total. The number of aryl methyl sites for hydroxylation is 1. The predicted molar refractivity (Wildman–Crippen MR) is 78.9 cm³/mol. The minimum atomic E-state index is -4.07. The molecule has 24 heavy (non-hydrogen) atoms. The van der Waals surface area contributed by atoms with E-state index in [2.05, 4.69) is 4.74 Å². The molecule has 1 heterocycles. The van der Waals surface area contributed by atoms with Crippen LogP contribution >= 0.6 is 0 Å². The van der Waals surface area contributed by atoms with Crippen LogP contribution in [0.3, 0.4) is 0 Å². The highest BCUT2D eigenvalue weighted by molar-refractivity contribution is 6.01. The number of hydrogen-bond donors (Lipinski definition) is 0. The number of amides is 1. The molecule has 0 aromatic heterocycles. The number of fused-ring (bicyclic) bond motifs is 1. The van der Waals surface area contributed by atoms with Crippen molar-refractivity contribution in [2.45, 2.75) is 26.0 Å². The molecule has 1 aliphatic heterocycles. The van der Waals surface area contributed by atoms with Crippen molar-refractivity contribution < 1.29 is 27.1 Å². The molecule has 2 aromatic rings. The third kappa shape index (κ3) is 2.70. The fourth-order valence-corrected chi connectivity index (χ4v) is 2.61. The van der Waals surface area contributed by atoms with Crippen LogP contribution in [0.25, 0.3) is 0 Å². The Morgan fingerprint density at radius 3 is 2.58 bits per heavy atom. The SMILES string of the molecule is CCc1cccc2c1OC(F)(F)C(=O)N2Cc1cc(F)ccc1F. The Morgan fingerprint density at radius 1 is 1.12 bits per heavy atom. The number of hydrogen-bond acceptors (Lipinski definition) is 2. The summed E-state index contributed by atoms with van der Waals surface area (Å²) in [5, 5.41) is 0. The van der Waals surface area contributed by atoms with Gasteiger partial charge in [-0.3, -0.25) is 9.69 Å². The van der Waals surface area contributed by atoms with Gasteiger partial charge in [-0.2, -0.15) is 8.78 Å². The first-order chi connectivity index (χ1) is 11.3. The van der Waals surface area contributed by atoms with Crippen LogP contribution in [0.4, 0.5) is 23.2 Å². The van der Waals surface area contributed by atoms with Crippen molar-refractivity contribution in [1.29, 1.82) is 0 Å². The summed E-state index contributed by atoms with van der Waals surface area (Å²) in [6, 6.07) is 7.30. The van der Waals surface area contributed by atoms with Crippen LogP contribution in [0.5, 0.6) is 5.75 Å². The molecule has 0 bridgehead atoms. The number of rotatable bonds is 3. The van der Waals surface area contributed by atoms with Crippen LogP contribution < -0.4 is 9.64 Å². The smallest absolute Gasteiger partial charge is 0.423 e. The molecule has 0 unspecified atom stereocenters. The highest BCUT2D eigenvalue weighted by Gasteiger charge is 2.51. The average Bonchev–Trinajstić information content (AvgIpc) is 2.54. The quantitative estimate of drug-likeness (QED) is 0.790. The molecule has 0 fully saturated rings. The fourth-order valence-electron chi connectivity index (χ4n) is 2.61. The predicted octanol–water partition coefficient (Wildman–Crippen LogP) is 4.05. The van der Waals surface area contributed by atoms with E-state index >= 15 is 0 Å². The number of carbonyl (C=O) groups is 1. The summed E-state index contributed by atoms with van der Waals surface area (Å²) in [6.07, 6.45) is -3.66. The number of carbonyl (C=O) groups excluding carboxylic acids is 1. The Hall–Kier alpha value is -2.57. The third-order valence-corrected chi connectivity index (χ3v) is 3.81. The zero-order valence-corrected chi connectivity index (χ0v) is 12.7. The number of para-hydroxylation sites is 1. The number of nitrogens with zero attached hydrogens (tertiary/aromatic N) is 1. The van der Waals surface area contributed by atoms with Gasteiger partial charge in [0.15, 0.2) is 5.75 Å². The summed E-state index contributed by atoms with van der Waals surface area (Å²) >= 11 is 0. The number of ether oxygens (including phenoxy) is 1. The normalized spacial score (nSPS) is 15.9. The fraction of sp³-hybridized carbons (Fsp3) is 0.235. The van der Waals surface area contributed by atoms with Gasteiger partial charge in [-0.1, -0.05) is 19.1 Å². The van der Waals surface area contributed by atoms with Gasteiger partial charge in [0.25, 0.3) is 0 Å². The summed E-state index contributed by atoms with van der Waals surface area (Å²) in [4.78, 5) is 12.8. The van der Waals surface area contributed by atoms with Crippen molar-refractivity contribution in [3.63, 3.8) is 0 Å². The lowest BCUT2D eigenvalue weighted by atomic mass is 10.1. The molecule has 1 amide bonds. The van der Waals surface area contributed by atoms with Crippen LogP contribution in [0.2, 0.25) is 0 Å². The van der Waals surface area contributed by atoms with Gasteiger partial charge < -0.3 is 4.74 Å². The van der Waals surface area contributed by atoms with Gasteiger partial charge in [-0.15, -0.1) is 0 Å². The minimum absolute atomic E-state index is 0.105. The lowest BCUT2D eigenvalue weighted by Gasteiger charge is -2.34.